The van der Waals surface area contributed by atoms with Crippen molar-refractivity contribution in [3.63, 3.8) is 0 Å². The van der Waals surface area contributed by atoms with Crippen LogP contribution in [-0.2, 0) is 0 Å². The molecule has 0 saturated heterocycles. The predicted molar refractivity (Wildman–Crippen MR) is 65.6 cm³/mol. The van der Waals surface area contributed by atoms with Gasteiger partial charge in [-0.2, -0.15) is 0 Å². The van der Waals surface area contributed by atoms with E-state index in [1.807, 2.05) is 19.1 Å². The third kappa shape index (κ3) is 3.25. The first-order valence-electron chi connectivity index (χ1n) is 5.37. The Bertz CT molecular complexity index is 461. The zero-order chi connectivity index (χ0) is 12.1. The van der Waals surface area contributed by atoms with E-state index in [9.17, 15) is 5.11 Å². The van der Waals surface area contributed by atoms with E-state index >= 15 is 0 Å². The van der Waals surface area contributed by atoms with Crippen LogP contribution in [0.4, 0.5) is 0 Å². The molecule has 0 amide bonds. The molecule has 0 radical (unpaired) electrons. The van der Waals surface area contributed by atoms with E-state index < -0.39 is 6.10 Å². The van der Waals surface area contributed by atoms with Gasteiger partial charge in [-0.3, -0.25) is 9.97 Å². The first kappa shape index (κ1) is 12.0. The highest BCUT2D eigenvalue weighted by Gasteiger charge is 2.06. The van der Waals surface area contributed by atoms with Crippen LogP contribution in [0.3, 0.4) is 0 Å². The van der Waals surface area contributed by atoms with Crippen molar-refractivity contribution in [3.05, 3.63) is 42.6 Å². The molecule has 0 aliphatic rings. The van der Waals surface area contributed by atoms with Gasteiger partial charge in [0.25, 0.3) is 0 Å². The van der Waals surface area contributed by atoms with Gasteiger partial charge in [0.2, 0.25) is 0 Å². The van der Waals surface area contributed by atoms with Gasteiger partial charge < -0.3 is 5.11 Å². The van der Waals surface area contributed by atoms with Crippen molar-refractivity contribution < 1.29 is 5.11 Å². The van der Waals surface area contributed by atoms with Gasteiger partial charge in [0.15, 0.2) is 0 Å². The van der Waals surface area contributed by atoms with Gasteiger partial charge in [0.05, 0.1) is 18.0 Å². The minimum atomic E-state index is -0.481. The number of hydrogen-bond donors (Lipinski definition) is 1. The summed E-state index contributed by atoms with van der Waals surface area (Å²) in [5.41, 5.74) is 0.705. The van der Waals surface area contributed by atoms with Crippen LogP contribution in [0.25, 0.3) is 0 Å². The van der Waals surface area contributed by atoms with Crippen molar-refractivity contribution in [3.8, 4) is 0 Å². The summed E-state index contributed by atoms with van der Waals surface area (Å²) in [4.78, 5) is 13.4. The third-order valence-corrected chi connectivity index (χ3v) is 3.15. The molecule has 88 valence electrons. The fourth-order valence-corrected chi connectivity index (χ4v) is 2.03. The smallest absolute Gasteiger partial charge is 0.119 e. The molecular formula is C12H13N3OS. The number of rotatable bonds is 4. The molecule has 2 heterocycles. The van der Waals surface area contributed by atoms with Gasteiger partial charge in [-0.05, 0) is 18.6 Å². The molecule has 2 aromatic rings. The Morgan fingerprint density at radius 1 is 1.24 bits per heavy atom. The molecule has 0 aliphatic heterocycles. The zero-order valence-corrected chi connectivity index (χ0v) is 10.3. The topological polar surface area (TPSA) is 58.9 Å². The first-order chi connectivity index (χ1) is 8.29. The van der Waals surface area contributed by atoms with Crippen LogP contribution in [0.2, 0.25) is 0 Å². The Hall–Kier alpha value is -1.46. The Morgan fingerprint density at radius 3 is 2.71 bits per heavy atom. The van der Waals surface area contributed by atoms with Crippen LogP contribution in [0.15, 0.2) is 46.8 Å². The number of nitrogens with zero attached hydrogens (tertiary/aromatic N) is 3. The van der Waals surface area contributed by atoms with Gasteiger partial charge >= 0.3 is 0 Å². The highest BCUT2D eigenvalue weighted by Crippen LogP contribution is 2.25. The molecule has 0 aliphatic carbocycles. The van der Waals surface area contributed by atoms with E-state index in [0.29, 0.717) is 12.1 Å². The average Bonchev–Trinajstić information content (AvgIpc) is 2.40. The minimum Gasteiger partial charge on any atom is -0.387 e. The Balaban J connectivity index is 2.08. The van der Waals surface area contributed by atoms with Crippen molar-refractivity contribution in [1.29, 1.82) is 0 Å². The normalized spacial score (nSPS) is 12.4. The lowest BCUT2D eigenvalue weighted by atomic mass is 10.2. The van der Waals surface area contributed by atoms with Gasteiger partial charge in [0, 0.05) is 23.5 Å². The molecule has 0 spiro atoms. The summed E-state index contributed by atoms with van der Waals surface area (Å²) >= 11 is 1.50. The maximum atomic E-state index is 9.62. The fourth-order valence-electron chi connectivity index (χ4n) is 1.32. The SMILES string of the molecule is CC[C@@H](O)c1ccc(Sc2cnccn2)cn1. The maximum absolute atomic E-state index is 9.62. The van der Waals surface area contributed by atoms with Crippen molar-refractivity contribution in [2.75, 3.05) is 0 Å². The minimum absolute atomic E-state index is 0.481. The Morgan fingerprint density at radius 2 is 2.12 bits per heavy atom. The van der Waals surface area contributed by atoms with Gasteiger partial charge in [0.1, 0.15) is 5.03 Å². The number of pyridine rings is 1. The molecule has 2 aromatic heterocycles. The number of aliphatic hydroxyl groups is 1. The van der Waals surface area contributed by atoms with E-state index in [1.165, 1.54) is 11.8 Å². The summed E-state index contributed by atoms with van der Waals surface area (Å²) in [6.07, 6.45) is 6.94. The van der Waals surface area contributed by atoms with Gasteiger partial charge in [-0.15, -0.1) is 0 Å². The monoisotopic (exact) mass is 247 g/mol. The lowest BCUT2D eigenvalue weighted by molar-refractivity contribution is 0.169. The van der Waals surface area contributed by atoms with Crippen LogP contribution in [0.5, 0.6) is 0 Å². The van der Waals surface area contributed by atoms with E-state index in [0.717, 1.165) is 9.92 Å². The molecule has 1 atom stereocenters. The summed E-state index contributed by atoms with van der Waals surface area (Å²) in [6, 6.07) is 3.77. The van der Waals surface area contributed by atoms with Gasteiger partial charge in [-0.25, -0.2) is 4.98 Å². The number of hydrogen-bond acceptors (Lipinski definition) is 5. The Labute approximate surface area is 104 Å². The fraction of sp³-hybridized carbons (Fsp3) is 0.250. The molecule has 0 fully saturated rings. The van der Waals surface area contributed by atoms with E-state index in [4.69, 9.17) is 0 Å². The summed E-state index contributed by atoms with van der Waals surface area (Å²) in [5.74, 6) is 0. The second-order valence-corrected chi connectivity index (χ2v) is 4.58. The van der Waals surface area contributed by atoms with Crippen LogP contribution in [0.1, 0.15) is 25.1 Å². The molecule has 0 unspecified atom stereocenters. The summed E-state index contributed by atoms with van der Waals surface area (Å²) in [6.45, 7) is 1.93. The molecule has 4 nitrogen and oxygen atoms in total. The van der Waals surface area contributed by atoms with Crippen molar-refractivity contribution in [2.24, 2.45) is 0 Å². The van der Waals surface area contributed by atoms with Crippen molar-refractivity contribution in [1.82, 2.24) is 15.0 Å². The summed E-state index contributed by atoms with van der Waals surface area (Å²) < 4.78 is 0. The molecule has 0 aromatic carbocycles. The molecule has 5 heteroatoms. The second kappa shape index (κ2) is 5.75. The Kier molecular flexibility index (Phi) is 4.06. The maximum Gasteiger partial charge on any atom is 0.119 e. The number of aromatic nitrogens is 3. The number of aliphatic hydroxyl groups excluding tert-OH is 1. The van der Waals surface area contributed by atoms with Crippen LogP contribution >= 0.6 is 11.8 Å². The zero-order valence-electron chi connectivity index (χ0n) is 9.45. The second-order valence-electron chi connectivity index (χ2n) is 3.49. The van der Waals surface area contributed by atoms with Crippen LogP contribution in [-0.4, -0.2) is 20.1 Å². The first-order valence-corrected chi connectivity index (χ1v) is 6.19. The standard InChI is InChI=1S/C12H13N3OS/c1-2-11(16)10-4-3-9(7-15-10)17-12-8-13-5-6-14-12/h3-8,11,16H,2H2,1H3/t11-/m1/s1. The van der Waals surface area contributed by atoms with Crippen LogP contribution in [0, 0.1) is 0 Å². The lowest BCUT2D eigenvalue weighted by Crippen LogP contribution is -1.97. The third-order valence-electron chi connectivity index (χ3n) is 2.25. The van der Waals surface area contributed by atoms with E-state index in [2.05, 4.69) is 15.0 Å². The predicted octanol–water partition coefficient (Wildman–Crippen LogP) is 2.47. The van der Waals surface area contributed by atoms with E-state index in [-0.39, 0.29) is 0 Å². The molecule has 0 saturated carbocycles. The molecule has 1 N–H and O–H groups in total. The van der Waals surface area contributed by atoms with Gasteiger partial charge in [-0.1, -0.05) is 18.7 Å². The largest absolute Gasteiger partial charge is 0.387 e. The highest BCUT2D eigenvalue weighted by atomic mass is 32.2. The average molecular weight is 247 g/mol. The van der Waals surface area contributed by atoms with E-state index in [1.54, 1.807) is 24.8 Å². The highest BCUT2D eigenvalue weighted by molar-refractivity contribution is 7.99. The molecule has 17 heavy (non-hydrogen) atoms. The summed E-state index contributed by atoms with van der Waals surface area (Å²) in [5, 5.41) is 10.4. The molecule has 0 bridgehead atoms. The lowest BCUT2D eigenvalue weighted by Gasteiger charge is -2.07. The quantitative estimate of drug-likeness (QED) is 0.899. The summed E-state index contributed by atoms with van der Waals surface area (Å²) in [7, 11) is 0. The van der Waals surface area contributed by atoms with Crippen LogP contribution < -0.4 is 0 Å². The van der Waals surface area contributed by atoms with Crippen molar-refractivity contribution in [2.45, 2.75) is 29.4 Å². The molecule has 2 rings (SSSR count). The van der Waals surface area contributed by atoms with Crippen molar-refractivity contribution >= 4 is 11.8 Å². The molecular weight excluding hydrogens is 234 g/mol.